The van der Waals surface area contributed by atoms with Gasteiger partial charge in [-0.1, -0.05) is 35.9 Å². The van der Waals surface area contributed by atoms with Gasteiger partial charge in [-0.3, -0.25) is 14.4 Å². The zero-order valence-corrected chi connectivity index (χ0v) is 23.3. The van der Waals surface area contributed by atoms with Gasteiger partial charge in [0.05, 0.1) is 13.5 Å². The van der Waals surface area contributed by atoms with Crippen molar-refractivity contribution in [3.05, 3.63) is 94.3 Å². The Labute approximate surface area is 238 Å². The first-order valence-electron chi connectivity index (χ1n) is 13.2. The Balaban J connectivity index is 1.32. The van der Waals surface area contributed by atoms with Crippen LogP contribution in [0.5, 0.6) is 5.75 Å². The molecule has 2 N–H and O–H groups in total. The van der Waals surface area contributed by atoms with Crippen LogP contribution in [0.2, 0.25) is 5.02 Å². The number of likely N-dealkylation sites (tertiary alicyclic amines) is 1. The number of rotatable bonds is 9. The summed E-state index contributed by atoms with van der Waals surface area (Å²) in [5.41, 5.74) is 3.13. The van der Waals surface area contributed by atoms with Crippen LogP contribution in [0.4, 0.5) is 10.1 Å². The van der Waals surface area contributed by atoms with Crippen molar-refractivity contribution in [1.82, 2.24) is 10.2 Å². The minimum Gasteiger partial charge on any atom is -0.496 e. The summed E-state index contributed by atoms with van der Waals surface area (Å²) in [7, 11) is 1.58. The van der Waals surface area contributed by atoms with E-state index in [1.807, 2.05) is 29.2 Å². The Kier molecular flexibility index (Phi) is 9.77. The molecule has 1 fully saturated rings. The fraction of sp³-hybridized carbons (Fsp3) is 0.323. The Morgan fingerprint density at radius 3 is 2.42 bits per heavy atom. The molecule has 3 aromatic rings. The van der Waals surface area contributed by atoms with Crippen molar-refractivity contribution in [1.29, 1.82) is 0 Å². The van der Waals surface area contributed by atoms with E-state index in [9.17, 15) is 18.8 Å². The third-order valence-electron chi connectivity index (χ3n) is 7.10. The normalized spacial score (nSPS) is 14.3. The van der Waals surface area contributed by atoms with E-state index in [0.29, 0.717) is 41.0 Å². The summed E-state index contributed by atoms with van der Waals surface area (Å²) in [6, 6.07) is 18.0. The number of anilines is 1. The number of piperidine rings is 1. The number of carbonyl (C=O) groups is 3. The largest absolute Gasteiger partial charge is 0.496 e. The minimum absolute atomic E-state index is 0.0454. The number of hydrogen-bond acceptors (Lipinski definition) is 4. The van der Waals surface area contributed by atoms with Crippen molar-refractivity contribution in [2.24, 2.45) is 0 Å². The number of methoxy groups -OCH3 is 1. The summed E-state index contributed by atoms with van der Waals surface area (Å²) in [5.74, 6) is -0.124. The number of ether oxygens (including phenoxy) is 1. The lowest BCUT2D eigenvalue weighted by atomic mass is 9.89. The second kappa shape index (κ2) is 13.4. The summed E-state index contributed by atoms with van der Waals surface area (Å²) in [5, 5.41) is 6.07. The quantitative estimate of drug-likeness (QED) is 0.377. The molecule has 0 saturated carbocycles. The molecule has 210 valence electrons. The lowest BCUT2D eigenvalue weighted by Crippen LogP contribution is -2.44. The maximum atomic E-state index is 13.6. The van der Waals surface area contributed by atoms with Gasteiger partial charge in [0.15, 0.2) is 0 Å². The molecule has 0 radical (unpaired) electrons. The lowest BCUT2D eigenvalue weighted by molar-refractivity contribution is -0.131. The number of hydrogen-bond donors (Lipinski definition) is 2. The van der Waals surface area contributed by atoms with Crippen molar-refractivity contribution < 1.29 is 23.5 Å². The highest BCUT2D eigenvalue weighted by molar-refractivity contribution is 6.30. The first-order valence-corrected chi connectivity index (χ1v) is 13.6. The van der Waals surface area contributed by atoms with E-state index in [1.54, 1.807) is 37.4 Å². The van der Waals surface area contributed by atoms with Crippen molar-refractivity contribution in [3.8, 4) is 5.75 Å². The molecular weight excluding hydrogens is 533 g/mol. The molecule has 1 aliphatic heterocycles. The molecule has 3 amide bonds. The predicted octanol–water partition coefficient (Wildman–Crippen LogP) is 5.12. The number of nitrogens with zero attached hydrogens (tertiary/aromatic N) is 1. The zero-order valence-electron chi connectivity index (χ0n) is 22.6. The maximum absolute atomic E-state index is 13.6. The lowest BCUT2D eigenvalue weighted by Gasteiger charge is -2.32. The van der Waals surface area contributed by atoms with E-state index in [-0.39, 0.29) is 30.6 Å². The third kappa shape index (κ3) is 7.82. The highest BCUT2D eigenvalue weighted by Crippen LogP contribution is 2.30. The van der Waals surface area contributed by atoms with Crippen molar-refractivity contribution in [3.63, 3.8) is 0 Å². The Bertz CT molecular complexity index is 1360. The van der Waals surface area contributed by atoms with Gasteiger partial charge in [-0.2, -0.15) is 0 Å². The molecule has 0 spiro atoms. The molecule has 1 saturated heterocycles. The van der Waals surface area contributed by atoms with Gasteiger partial charge in [-0.15, -0.1) is 0 Å². The number of halogens is 2. The van der Waals surface area contributed by atoms with Gasteiger partial charge >= 0.3 is 0 Å². The Morgan fingerprint density at radius 1 is 1.05 bits per heavy atom. The standard InChI is InChI=1S/C31H33ClFN3O4/c1-20(37)34-28(17-21-4-3-5-26(33)16-21)31(39)35-27-9-6-22(7-10-27)23-12-14-36(15-13-23)30(38)19-24-18-25(32)8-11-29(24)40-2/h3-11,16,18,23,28H,12-15,17,19H2,1-2H3,(H,34,37)(H,35,39). The van der Waals surface area contributed by atoms with Crippen LogP contribution in [0.3, 0.4) is 0 Å². The fourth-order valence-corrected chi connectivity index (χ4v) is 5.24. The summed E-state index contributed by atoms with van der Waals surface area (Å²) < 4.78 is 19.0. The van der Waals surface area contributed by atoms with Gasteiger partial charge in [-0.25, -0.2) is 4.39 Å². The van der Waals surface area contributed by atoms with Crippen LogP contribution in [0.1, 0.15) is 42.4 Å². The van der Waals surface area contributed by atoms with Crippen LogP contribution in [-0.4, -0.2) is 48.9 Å². The summed E-state index contributed by atoms with van der Waals surface area (Å²) >= 11 is 6.11. The SMILES string of the molecule is COc1ccc(Cl)cc1CC(=O)N1CCC(c2ccc(NC(=O)C(Cc3cccc(F)c3)NC(C)=O)cc2)CC1. The molecule has 7 nitrogen and oxygen atoms in total. The smallest absolute Gasteiger partial charge is 0.247 e. The second-order valence-electron chi connectivity index (χ2n) is 9.99. The highest BCUT2D eigenvalue weighted by Gasteiger charge is 2.25. The van der Waals surface area contributed by atoms with Crippen LogP contribution in [0, 0.1) is 5.82 Å². The van der Waals surface area contributed by atoms with Crippen LogP contribution in [0.15, 0.2) is 66.7 Å². The van der Waals surface area contributed by atoms with Crippen molar-refractivity contribution in [2.75, 3.05) is 25.5 Å². The summed E-state index contributed by atoms with van der Waals surface area (Å²) in [4.78, 5) is 39.4. The first kappa shape index (κ1) is 29.1. The summed E-state index contributed by atoms with van der Waals surface area (Å²) in [6.45, 7) is 2.65. The average molecular weight is 566 g/mol. The fourth-order valence-electron chi connectivity index (χ4n) is 5.04. The number of carbonyl (C=O) groups excluding carboxylic acids is 3. The Hall–Kier alpha value is -3.91. The van der Waals surface area contributed by atoms with Crippen LogP contribution in [0.25, 0.3) is 0 Å². The van der Waals surface area contributed by atoms with Gasteiger partial charge in [0, 0.05) is 42.7 Å². The van der Waals surface area contributed by atoms with Crippen LogP contribution >= 0.6 is 11.6 Å². The van der Waals surface area contributed by atoms with E-state index < -0.39 is 11.9 Å². The molecule has 1 atom stereocenters. The molecule has 1 heterocycles. The van der Waals surface area contributed by atoms with Crippen molar-refractivity contribution >= 4 is 35.0 Å². The van der Waals surface area contributed by atoms with E-state index in [2.05, 4.69) is 10.6 Å². The van der Waals surface area contributed by atoms with Gasteiger partial charge < -0.3 is 20.3 Å². The monoisotopic (exact) mass is 565 g/mol. The number of benzene rings is 3. The third-order valence-corrected chi connectivity index (χ3v) is 7.34. The highest BCUT2D eigenvalue weighted by atomic mass is 35.5. The van der Waals surface area contributed by atoms with E-state index >= 15 is 0 Å². The summed E-state index contributed by atoms with van der Waals surface area (Å²) in [6.07, 6.45) is 2.08. The van der Waals surface area contributed by atoms with E-state index in [0.717, 1.165) is 24.0 Å². The number of amides is 3. The van der Waals surface area contributed by atoms with Gasteiger partial charge in [-0.05, 0) is 72.4 Å². The Morgan fingerprint density at radius 2 is 1.77 bits per heavy atom. The molecule has 0 aliphatic carbocycles. The molecule has 0 aromatic heterocycles. The molecule has 1 aliphatic rings. The maximum Gasteiger partial charge on any atom is 0.247 e. The topological polar surface area (TPSA) is 87.7 Å². The number of nitrogens with one attached hydrogen (secondary N) is 2. The average Bonchev–Trinajstić information content (AvgIpc) is 2.93. The van der Waals surface area contributed by atoms with Gasteiger partial charge in [0.1, 0.15) is 17.6 Å². The molecule has 3 aromatic carbocycles. The molecule has 1 unspecified atom stereocenters. The molecule has 9 heteroatoms. The predicted molar refractivity (Wildman–Crippen MR) is 153 cm³/mol. The zero-order chi connectivity index (χ0) is 28.6. The van der Waals surface area contributed by atoms with Crippen LogP contribution in [-0.2, 0) is 27.2 Å². The second-order valence-corrected chi connectivity index (χ2v) is 10.4. The van der Waals surface area contributed by atoms with E-state index in [1.165, 1.54) is 19.1 Å². The molecule has 0 bridgehead atoms. The van der Waals surface area contributed by atoms with Crippen molar-refractivity contribution in [2.45, 2.75) is 44.6 Å². The molecule has 4 rings (SSSR count). The molecular formula is C31H33ClFN3O4. The van der Waals surface area contributed by atoms with Gasteiger partial charge in [0.25, 0.3) is 0 Å². The first-order chi connectivity index (χ1) is 19.2. The van der Waals surface area contributed by atoms with Gasteiger partial charge in [0.2, 0.25) is 17.7 Å². The van der Waals surface area contributed by atoms with E-state index in [4.69, 9.17) is 16.3 Å². The minimum atomic E-state index is -0.840. The molecule has 40 heavy (non-hydrogen) atoms. The van der Waals surface area contributed by atoms with Crippen LogP contribution < -0.4 is 15.4 Å².